The average Bonchev–Trinajstić information content (AvgIpc) is 2.57. The van der Waals surface area contributed by atoms with Gasteiger partial charge in [-0.2, -0.15) is 0 Å². The van der Waals surface area contributed by atoms with Crippen molar-refractivity contribution in [1.82, 2.24) is 15.0 Å². The first-order chi connectivity index (χ1) is 12.3. The second-order valence-electron chi connectivity index (χ2n) is 6.63. The molecule has 6 heteroatoms. The van der Waals surface area contributed by atoms with Crippen molar-refractivity contribution in [3.63, 3.8) is 0 Å². The molecule has 0 aliphatic heterocycles. The minimum atomic E-state index is -0.968. The van der Waals surface area contributed by atoms with Gasteiger partial charge in [-0.1, -0.05) is 0 Å². The van der Waals surface area contributed by atoms with E-state index in [2.05, 4.69) is 20.3 Å². The van der Waals surface area contributed by atoms with Gasteiger partial charge in [-0.15, -0.1) is 0 Å². The molecule has 0 fully saturated rings. The fourth-order valence-electron chi connectivity index (χ4n) is 2.43. The van der Waals surface area contributed by atoms with E-state index in [4.69, 9.17) is 4.74 Å². The number of nitrogens with zero attached hydrogens (tertiary/aromatic N) is 3. The number of aromatic nitrogens is 3. The van der Waals surface area contributed by atoms with Gasteiger partial charge in [-0.05, 0) is 58.0 Å². The highest BCUT2D eigenvalue weighted by atomic mass is 16.5. The Kier molecular flexibility index (Phi) is 4.86. The first kappa shape index (κ1) is 17.8. The van der Waals surface area contributed by atoms with E-state index >= 15 is 0 Å². The summed E-state index contributed by atoms with van der Waals surface area (Å²) in [7, 11) is 0. The molecule has 0 saturated carbocycles. The molecular weight excluding hydrogens is 328 g/mol. The minimum Gasteiger partial charge on any atom is -0.455 e. The summed E-state index contributed by atoms with van der Waals surface area (Å²) in [5, 5.41) is 13.2. The molecule has 0 unspecified atom stereocenters. The standard InChI is InChI=1S/C20H22N4O2/c1-13-5-7-17(14(2)23-13)26-16-9-10-21-19(11-16)24-15-6-8-18(22-12-15)20(3,4)25/h5-12,25H,1-4H3,(H,21,24). The summed E-state index contributed by atoms with van der Waals surface area (Å²) < 4.78 is 5.92. The molecule has 2 N–H and O–H groups in total. The molecule has 6 nitrogen and oxygen atoms in total. The molecule has 26 heavy (non-hydrogen) atoms. The van der Waals surface area contributed by atoms with Gasteiger partial charge in [0, 0.05) is 18.0 Å². The third kappa shape index (κ3) is 4.34. The van der Waals surface area contributed by atoms with Crippen LogP contribution in [0.5, 0.6) is 11.5 Å². The lowest BCUT2D eigenvalue weighted by Crippen LogP contribution is -2.17. The van der Waals surface area contributed by atoms with Crippen LogP contribution in [0, 0.1) is 13.8 Å². The third-order valence-corrected chi connectivity index (χ3v) is 3.80. The Balaban J connectivity index is 1.75. The lowest BCUT2D eigenvalue weighted by molar-refractivity contribution is 0.0739. The molecule has 0 atom stereocenters. The van der Waals surface area contributed by atoms with Gasteiger partial charge < -0.3 is 15.2 Å². The summed E-state index contributed by atoms with van der Waals surface area (Å²) in [6.45, 7) is 7.26. The van der Waals surface area contributed by atoms with Crippen molar-refractivity contribution < 1.29 is 9.84 Å². The van der Waals surface area contributed by atoms with Crippen molar-refractivity contribution in [3.8, 4) is 11.5 Å². The Morgan fingerprint density at radius 2 is 1.85 bits per heavy atom. The SMILES string of the molecule is Cc1ccc(Oc2ccnc(Nc3ccc(C(C)(C)O)nc3)c2)c(C)n1. The van der Waals surface area contributed by atoms with Gasteiger partial charge in [-0.25, -0.2) is 4.98 Å². The Labute approximate surface area is 152 Å². The predicted molar refractivity (Wildman–Crippen MR) is 101 cm³/mol. The number of hydrogen-bond acceptors (Lipinski definition) is 6. The molecule has 0 radical (unpaired) electrons. The molecule has 0 aromatic carbocycles. The number of anilines is 2. The van der Waals surface area contributed by atoms with E-state index in [-0.39, 0.29) is 0 Å². The summed E-state index contributed by atoms with van der Waals surface area (Å²) in [4.78, 5) is 13.0. The largest absolute Gasteiger partial charge is 0.455 e. The molecule has 3 rings (SSSR count). The summed E-state index contributed by atoms with van der Waals surface area (Å²) in [5.41, 5.74) is 2.20. The number of pyridine rings is 3. The normalized spacial score (nSPS) is 11.3. The van der Waals surface area contributed by atoms with E-state index in [1.165, 1.54) is 0 Å². The van der Waals surface area contributed by atoms with Crippen LogP contribution in [-0.4, -0.2) is 20.1 Å². The van der Waals surface area contributed by atoms with Crippen LogP contribution in [0.3, 0.4) is 0 Å². The van der Waals surface area contributed by atoms with Crippen LogP contribution >= 0.6 is 0 Å². The quantitative estimate of drug-likeness (QED) is 0.716. The zero-order valence-corrected chi connectivity index (χ0v) is 15.3. The van der Waals surface area contributed by atoms with E-state index < -0.39 is 5.60 Å². The molecule has 3 aromatic rings. The zero-order valence-electron chi connectivity index (χ0n) is 15.3. The highest BCUT2D eigenvalue weighted by molar-refractivity contribution is 5.56. The van der Waals surface area contributed by atoms with E-state index in [0.717, 1.165) is 17.1 Å². The maximum Gasteiger partial charge on any atom is 0.148 e. The number of nitrogens with one attached hydrogen (secondary N) is 1. The van der Waals surface area contributed by atoms with Crippen molar-refractivity contribution in [3.05, 3.63) is 65.9 Å². The Hall–Kier alpha value is -2.99. The van der Waals surface area contributed by atoms with Crippen molar-refractivity contribution in [2.75, 3.05) is 5.32 Å². The lowest BCUT2D eigenvalue weighted by atomic mass is 10.1. The number of ether oxygens (including phenoxy) is 1. The number of hydrogen-bond donors (Lipinski definition) is 2. The monoisotopic (exact) mass is 350 g/mol. The van der Waals surface area contributed by atoms with Gasteiger partial charge >= 0.3 is 0 Å². The third-order valence-electron chi connectivity index (χ3n) is 3.80. The van der Waals surface area contributed by atoms with Crippen LogP contribution in [-0.2, 0) is 5.60 Å². The summed E-state index contributed by atoms with van der Waals surface area (Å²) in [5.74, 6) is 2.01. The van der Waals surface area contributed by atoms with Gasteiger partial charge in [-0.3, -0.25) is 9.97 Å². The highest BCUT2D eigenvalue weighted by Gasteiger charge is 2.17. The van der Waals surface area contributed by atoms with Crippen LogP contribution in [0.25, 0.3) is 0 Å². The maximum absolute atomic E-state index is 9.97. The molecule has 0 bridgehead atoms. The smallest absolute Gasteiger partial charge is 0.148 e. The number of rotatable bonds is 5. The second kappa shape index (κ2) is 7.09. The Morgan fingerprint density at radius 3 is 2.50 bits per heavy atom. The summed E-state index contributed by atoms with van der Waals surface area (Å²) in [6.07, 6.45) is 3.34. The van der Waals surface area contributed by atoms with E-state index in [1.807, 2.05) is 38.1 Å². The zero-order chi connectivity index (χ0) is 18.7. The van der Waals surface area contributed by atoms with Crippen LogP contribution in [0.1, 0.15) is 30.9 Å². The van der Waals surface area contributed by atoms with E-state index in [0.29, 0.717) is 23.0 Å². The summed E-state index contributed by atoms with van der Waals surface area (Å²) in [6, 6.07) is 11.1. The van der Waals surface area contributed by atoms with Crippen LogP contribution < -0.4 is 10.1 Å². The molecule has 0 spiro atoms. The van der Waals surface area contributed by atoms with Crippen LogP contribution in [0.4, 0.5) is 11.5 Å². The fraction of sp³-hybridized carbons (Fsp3) is 0.250. The second-order valence-corrected chi connectivity index (χ2v) is 6.63. The van der Waals surface area contributed by atoms with Gasteiger partial charge in [0.15, 0.2) is 0 Å². The first-order valence-electron chi connectivity index (χ1n) is 8.35. The van der Waals surface area contributed by atoms with Gasteiger partial charge in [0.2, 0.25) is 0 Å². The van der Waals surface area contributed by atoms with E-state index in [1.54, 1.807) is 38.4 Å². The topological polar surface area (TPSA) is 80.2 Å². The molecule has 0 aliphatic carbocycles. The van der Waals surface area contributed by atoms with Crippen LogP contribution in [0.15, 0.2) is 48.8 Å². The molecule has 3 heterocycles. The van der Waals surface area contributed by atoms with Gasteiger partial charge in [0.05, 0.1) is 23.3 Å². The number of aliphatic hydroxyl groups is 1. The molecule has 0 saturated heterocycles. The molecule has 0 aliphatic rings. The first-order valence-corrected chi connectivity index (χ1v) is 8.35. The minimum absolute atomic E-state index is 0.607. The number of aryl methyl sites for hydroxylation is 2. The summed E-state index contributed by atoms with van der Waals surface area (Å²) >= 11 is 0. The maximum atomic E-state index is 9.97. The van der Waals surface area contributed by atoms with Crippen LogP contribution in [0.2, 0.25) is 0 Å². The lowest BCUT2D eigenvalue weighted by Gasteiger charge is -2.16. The molecule has 3 aromatic heterocycles. The van der Waals surface area contributed by atoms with E-state index in [9.17, 15) is 5.11 Å². The Bertz CT molecular complexity index is 902. The van der Waals surface area contributed by atoms with Crippen molar-refractivity contribution >= 4 is 11.5 Å². The Morgan fingerprint density at radius 1 is 1.04 bits per heavy atom. The van der Waals surface area contributed by atoms with Gasteiger partial charge in [0.25, 0.3) is 0 Å². The van der Waals surface area contributed by atoms with Crippen molar-refractivity contribution in [2.45, 2.75) is 33.3 Å². The van der Waals surface area contributed by atoms with Crippen molar-refractivity contribution in [2.24, 2.45) is 0 Å². The molecule has 134 valence electrons. The molecular formula is C20H22N4O2. The fourth-order valence-corrected chi connectivity index (χ4v) is 2.43. The van der Waals surface area contributed by atoms with Crippen molar-refractivity contribution in [1.29, 1.82) is 0 Å². The van der Waals surface area contributed by atoms with Gasteiger partial charge in [0.1, 0.15) is 22.9 Å². The highest BCUT2D eigenvalue weighted by Crippen LogP contribution is 2.26. The average molecular weight is 350 g/mol. The predicted octanol–water partition coefficient (Wildman–Crippen LogP) is 4.25. The molecule has 0 amide bonds.